The van der Waals surface area contributed by atoms with Crippen molar-refractivity contribution in [2.24, 2.45) is 0 Å². The fourth-order valence-electron chi connectivity index (χ4n) is 3.29. The molecular weight excluding hydrogens is 390 g/mol. The van der Waals surface area contributed by atoms with Crippen molar-refractivity contribution in [1.82, 2.24) is 10.1 Å². The number of benzene rings is 1. The van der Waals surface area contributed by atoms with E-state index in [2.05, 4.69) is 15.5 Å². The van der Waals surface area contributed by atoms with E-state index in [-0.39, 0.29) is 5.91 Å². The Labute approximate surface area is 170 Å². The summed E-state index contributed by atoms with van der Waals surface area (Å²) < 4.78 is 16.5. The van der Waals surface area contributed by atoms with Crippen molar-refractivity contribution < 1.29 is 18.8 Å². The lowest BCUT2D eigenvalue weighted by Gasteiger charge is -2.19. The summed E-state index contributed by atoms with van der Waals surface area (Å²) in [5.74, 6) is 1.02. The molecule has 1 amide bonds. The minimum atomic E-state index is -0.269. The Morgan fingerprint density at radius 2 is 1.90 bits per heavy atom. The van der Waals surface area contributed by atoms with Crippen LogP contribution >= 0.6 is 11.3 Å². The third-order valence-electron chi connectivity index (χ3n) is 4.65. The number of nitrogens with one attached hydrogen (secondary N) is 1. The molecule has 146 valence electrons. The van der Waals surface area contributed by atoms with Crippen LogP contribution in [-0.2, 0) is 0 Å². The second-order valence-corrected chi connectivity index (χ2v) is 8.01. The zero-order valence-corrected chi connectivity index (χ0v) is 16.6. The number of hydrogen-bond acceptors (Lipinski definition) is 7. The van der Waals surface area contributed by atoms with Gasteiger partial charge in [0.05, 0.1) is 27.2 Å². The normalized spacial score (nSPS) is 12.9. The van der Waals surface area contributed by atoms with Crippen molar-refractivity contribution in [2.75, 3.05) is 18.5 Å². The summed E-state index contributed by atoms with van der Waals surface area (Å²) in [5, 5.41) is 7.53. The van der Waals surface area contributed by atoms with Crippen LogP contribution in [0.15, 0.2) is 40.9 Å². The Balaban J connectivity index is 1.54. The highest BCUT2D eigenvalue weighted by atomic mass is 32.1. The van der Waals surface area contributed by atoms with Crippen LogP contribution in [0.5, 0.6) is 11.5 Å². The molecule has 0 radical (unpaired) electrons. The molecule has 1 aromatic carbocycles. The topological polar surface area (TPSA) is 86.5 Å². The Kier molecular flexibility index (Phi) is 4.21. The molecule has 5 rings (SSSR count). The number of pyridine rings is 1. The SMILES string of the molecule is Cc1ccc(-c2cc(C(=O)Nc3ccc4c(c3)OCCO4)c3c(C)noc3n2)s1. The van der Waals surface area contributed by atoms with Gasteiger partial charge >= 0.3 is 0 Å². The number of carbonyl (C=O) groups is 1. The van der Waals surface area contributed by atoms with Gasteiger partial charge in [-0.15, -0.1) is 11.3 Å². The van der Waals surface area contributed by atoms with Gasteiger partial charge in [-0.3, -0.25) is 4.79 Å². The van der Waals surface area contributed by atoms with E-state index in [4.69, 9.17) is 14.0 Å². The average Bonchev–Trinajstić information content (AvgIpc) is 3.33. The van der Waals surface area contributed by atoms with Crippen LogP contribution in [0.3, 0.4) is 0 Å². The first kappa shape index (κ1) is 17.7. The standard InChI is InChI=1S/C21H17N3O4S/c1-11-3-6-18(29-11)15-10-14(19-12(2)24-28-21(19)23-15)20(25)22-13-4-5-16-17(9-13)27-8-7-26-16/h3-6,9-10H,7-8H2,1-2H3,(H,22,25). The van der Waals surface area contributed by atoms with Crippen LogP contribution in [0.4, 0.5) is 5.69 Å². The van der Waals surface area contributed by atoms with E-state index >= 15 is 0 Å². The van der Waals surface area contributed by atoms with E-state index in [1.54, 1.807) is 42.5 Å². The van der Waals surface area contributed by atoms with Crippen LogP contribution in [-0.4, -0.2) is 29.3 Å². The minimum Gasteiger partial charge on any atom is -0.486 e. The summed E-state index contributed by atoms with van der Waals surface area (Å²) in [6, 6.07) is 11.1. The first-order valence-corrected chi connectivity index (χ1v) is 9.95. The van der Waals surface area contributed by atoms with Crippen LogP contribution < -0.4 is 14.8 Å². The lowest BCUT2D eigenvalue weighted by Crippen LogP contribution is -2.16. The smallest absolute Gasteiger partial charge is 0.259 e. The van der Waals surface area contributed by atoms with E-state index in [9.17, 15) is 4.79 Å². The van der Waals surface area contributed by atoms with Gasteiger partial charge < -0.3 is 19.3 Å². The number of aromatic nitrogens is 2. The Hall–Kier alpha value is -3.39. The van der Waals surface area contributed by atoms with Crippen molar-refractivity contribution in [3.8, 4) is 22.1 Å². The Bertz CT molecular complexity index is 1240. The zero-order valence-electron chi connectivity index (χ0n) is 15.8. The molecular formula is C21H17N3O4S. The van der Waals surface area contributed by atoms with Crippen molar-refractivity contribution in [2.45, 2.75) is 13.8 Å². The third-order valence-corrected chi connectivity index (χ3v) is 5.68. The second kappa shape index (κ2) is 6.89. The van der Waals surface area contributed by atoms with Gasteiger partial charge in [0.25, 0.3) is 11.6 Å². The van der Waals surface area contributed by atoms with E-state index in [0.717, 1.165) is 9.75 Å². The number of rotatable bonds is 3. The van der Waals surface area contributed by atoms with E-state index in [1.165, 1.54) is 0 Å². The number of carbonyl (C=O) groups excluding carboxylic acids is 1. The lowest BCUT2D eigenvalue weighted by molar-refractivity contribution is 0.102. The molecule has 0 saturated carbocycles. The summed E-state index contributed by atoms with van der Waals surface area (Å²) in [4.78, 5) is 19.8. The largest absolute Gasteiger partial charge is 0.486 e. The quantitative estimate of drug-likeness (QED) is 0.534. The summed E-state index contributed by atoms with van der Waals surface area (Å²) in [6.45, 7) is 4.83. The number of anilines is 1. The molecule has 1 N–H and O–H groups in total. The van der Waals surface area contributed by atoms with Gasteiger partial charge in [0.15, 0.2) is 11.5 Å². The molecule has 1 aliphatic rings. The summed E-state index contributed by atoms with van der Waals surface area (Å²) >= 11 is 1.61. The number of hydrogen-bond donors (Lipinski definition) is 1. The maximum atomic E-state index is 13.2. The number of amides is 1. The van der Waals surface area contributed by atoms with E-state index in [1.807, 2.05) is 19.1 Å². The average molecular weight is 407 g/mol. The molecule has 0 spiro atoms. The highest BCUT2D eigenvalue weighted by Gasteiger charge is 2.21. The molecule has 0 aliphatic carbocycles. The Morgan fingerprint density at radius 1 is 1.07 bits per heavy atom. The first-order chi connectivity index (χ1) is 14.1. The molecule has 0 bridgehead atoms. The molecule has 7 nitrogen and oxygen atoms in total. The maximum Gasteiger partial charge on any atom is 0.259 e. The minimum absolute atomic E-state index is 0.269. The van der Waals surface area contributed by atoms with Gasteiger partial charge in [0, 0.05) is 16.6 Å². The molecule has 0 atom stereocenters. The highest BCUT2D eigenvalue weighted by Crippen LogP contribution is 2.34. The predicted octanol–water partition coefficient (Wildman–Crippen LogP) is 4.59. The fourth-order valence-corrected chi connectivity index (χ4v) is 4.12. The number of thiophene rings is 1. The summed E-state index contributed by atoms with van der Waals surface area (Å²) in [5.41, 5.74) is 2.72. The maximum absolute atomic E-state index is 13.2. The summed E-state index contributed by atoms with van der Waals surface area (Å²) in [6.07, 6.45) is 0. The van der Waals surface area contributed by atoms with Gasteiger partial charge in [-0.05, 0) is 44.2 Å². The number of fused-ring (bicyclic) bond motifs is 2. The molecule has 0 fully saturated rings. The molecule has 0 unspecified atom stereocenters. The van der Waals surface area contributed by atoms with Crippen molar-refractivity contribution >= 4 is 34.0 Å². The van der Waals surface area contributed by atoms with Gasteiger partial charge in [-0.2, -0.15) is 0 Å². The number of nitrogens with zero attached hydrogens (tertiary/aromatic N) is 2. The fraction of sp³-hybridized carbons (Fsp3) is 0.190. The first-order valence-electron chi connectivity index (χ1n) is 9.13. The molecule has 1 aliphatic heterocycles. The highest BCUT2D eigenvalue weighted by molar-refractivity contribution is 7.15. The molecule has 3 aromatic heterocycles. The monoisotopic (exact) mass is 407 g/mol. The zero-order chi connectivity index (χ0) is 20.0. The van der Waals surface area contributed by atoms with Gasteiger partial charge in [-0.1, -0.05) is 5.16 Å². The molecule has 8 heteroatoms. The van der Waals surface area contributed by atoms with Gasteiger partial charge in [0.1, 0.15) is 13.2 Å². The molecule has 4 heterocycles. The molecule has 29 heavy (non-hydrogen) atoms. The van der Waals surface area contributed by atoms with Crippen molar-refractivity contribution in [3.63, 3.8) is 0 Å². The van der Waals surface area contributed by atoms with Crippen LogP contribution in [0.1, 0.15) is 20.9 Å². The molecule has 0 saturated heterocycles. The summed E-state index contributed by atoms with van der Waals surface area (Å²) in [7, 11) is 0. The van der Waals surface area contributed by atoms with Crippen LogP contribution in [0, 0.1) is 13.8 Å². The van der Waals surface area contributed by atoms with Crippen molar-refractivity contribution in [3.05, 3.63) is 52.5 Å². The van der Waals surface area contributed by atoms with Crippen molar-refractivity contribution in [1.29, 1.82) is 0 Å². The number of aryl methyl sites for hydroxylation is 2. The van der Waals surface area contributed by atoms with E-state index < -0.39 is 0 Å². The third kappa shape index (κ3) is 3.21. The van der Waals surface area contributed by atoms with Crippen LogP contribution in [0.25, 0.3) is 21.7 Å². The lowest BCUT2D eigenvalue weighted by atomic mass is 10.1. The predicted molar refractivity (Wildman–Crippen MR) is 110 cm³/mol. The van der Waals surface area contributed by atoms with E-state index in [0.29, 0.717) is 58.5 Å². The Morgan fingerprint density at radius 3 is 2.69 bits per heavy atom. The van der Waals surface area contributed by atoms with Crippen LogP contribution in [0.2, 0.25) is 0 Å². The second-order valence-electron chi connectivity index (χ2n) is 6.73. The van der Waals surface area contributed by atoms with Gasteiger partial charge in [-0.25, -0.2) is 4.98 Å². The molecule has 4 aromatic rings. The van der Waals surface area contributed by atoms with Gasteiger partial charge in [0.2, 0.25) is 0 Å². The number of ether oxygens (including phenoxy) is 2.